The van der Waals surface area contributed by atoms with Crippen LogP contribution in [0.4, 0.5) is 0 Å². The lowest BCUT2D eigenvalue weighted by Crippen LogP contribution is -2.13. The van der Waals surface area contributed by atoms with Crippen molar-refractivity contribution in [2.75, 3.05) is 0 Å². The first-order valence-corrected chi connectivity index (χ1v) is 9.93. The van der Waals surface area contributed by atoms with Gasteiger partial charge < -0.3 is 9.67 Å². The Morgan fingerprint density at radius 2 is 1.36 bits per heavy atom. The molecule has 0 aliphatic heterocycles. The Bertz CT molecular complexity index is 502. The van der Waals surface area contributed by atoms with Crippen LogP contribution in [0.25, 0.3) is 0 Å². The molecule has 1 N–H and O–H groups in total. The standard InChI is InChI=1S/C16H23I2NO3/c17-13-11-19(12-14(18)16(13)22)10-8-6-4-2-1-3-5-7-9-15(20)21/h11-12H,1-10H2,(H,20,21). The molecule has 0 radical (unpaired) electrons. The Hall–Kier alpha value is -0.120. The van der Waals surface area contributed by atoms with Gasteiger partial charge in [-0.05, 0) is 58.0 Å². The van der Waals surface area contributed by atoms with Crippen LogP contribution in [-0.4, -0.2) is 15.6 Å². The van der Waals surface area contributed by atoms with Gasteiger partial charge in [0.05, 0.1) is 7.14 Å². The molecule has 1 rings (SSSR count). The van der Waals surface area contributed by atoms with Crippen molar-refractivity contribution in [3.63, 3.8) is 0 Å². The summed E-state index contributed by atoms with van der Waals surface area (Å²) in [5.74, 6) is -0.688. The summed E-state index contributed by atoms with van der Waals surface area (Å²) in [6.07, 6.45) is 13.1. The molecule has 0 fully saturated rings. The van der Waals surface area contributed by atoms with Crippen LogP contribution in [0.3, 0.4) is 0 Å². The van der Waals surface area contributed by atoms with Gasteiger partial charge in [-0.25, -0.2) is 0 Å². The molecule has 6 heteroatoms. The number of hydrogen-bond acceptors (Lipinski definition) is 2. The summed E-state index contributed by atoms with van der Waals surface area (Å²) in [6.45, 7) is 0.963. The van der Waals surface area contributed by atoms with Gasteiger partial charge in [0.15, 0.2) is 0 Å². The van der Waals surface area contributed by atoms with E-state index in [1.807, 2.05) is 12.4 Å². The first-order chi connectivity index (χ1) is 10.5. The molecule has 0 amide bonds. The summed E-state index contributed by atoms with van der Waals surface area (Å²) in [5, 5.41) is 8.54. The zero-order valence-corrected chi connectivity index (χ0v) is 17.0. The zero-order chi connectivity index (χ0) is 16.4. The number of halogens is 2. The number of aliphatic carboxylic acids is 1. The Balaban J connectivity index is 2.04. The van der Waals surface area contributed by atoms with E-state index in [0.29, 0.717) is 6.42 Å². The van der Waals surface area contributed by atoms with Crippen molar-refractivity contribution in [2.24, 2.45) is 0 Å². The van der Waals surface area contributed by atoms with Gasteiger partial charge in [-0.1, -0.05) is 38.5 Å². The normalized spacial score (nSPS) is 10.8. The topological polar surface area (TPSA) is 59.3 Å². The Kier molecular flexibility index (Phi) is 10.3. The van der Waals surface area contributed by atoms with Crippen molar-refractivity contribution in [2.45, 2.75) is 64.3 Å². The van der Waals surface area contributed by atoms with Crippen molar-refractivity contribution in [3.05, 3.63) is 29.8 Å². The molecule has 0 saturated carbocycles. The molecule has 22 heavy (non-hydrogen) atoms. The maximum absolute atomic E-state index is 11.6. The molecule has 4 nitrogen and oxygen atoms in total. The first-order valence-electron chi connectivity index (χ1n) is 7.77. The minimum atomic E-state index is -0.688. The smallest absolute Gasteiger partial charge is 0.303 e. The molecule has 0 aliphatic carbocycles. The van der Waals surface area contributed by atoms with Gasteiger partial charge >= 0.3 is 5.97 Å². The third-order valence-electron chi connectivity index (χ3n) is 3.55. The summed E-state index contributed by atoms with van der Waals surface area (Å²) in [4.78, 5) is 22.0. The highest BCUT2D eigenvalue weighted by atomic mass is 127. The molecule has 0 spiro atoms. The van der Waals surface area contributed by atoms with Crippen LogP contribution in [0.1, 0.15) is 57.8 Å². The molecule has 0 unspecified atom stereocenters. The average molecular weight is 531 g/mol. The maximum Gasteiger partial charge on any atom is 0.303 e. The molecule has 1 aromatic rings. The summed E-state index contributed by atoms with van der Waals surface area (Å²) >= 11 is 4.19. The van der Waals surface area contributed by atoms with Gasteiger partial charge in [0.2, 0.25) is 5.43 Å². The molecule has 0 bridgehead atoms. The number of pyridine rings is 1. The lowest BCUT2D eigenvalue weighted by atomic mass is 10.1. The number of rotatable bonds is 11. The molecular weight excluding hydrogens is 508 g/mol. The first kappa shape index (κ1) is 19.9. The monoisotopic (exact) mass is 531 g/mol. The Morgan fingerprint density at radius 3 is 1.86 bits per heavy atom. The number of carboxylic acid groups (broad SMARTS) is 1. The third-order valence-corrected chi connectivity index (χ3v) is 5.09. The number of hydrogen-bond donors (Lipinski definition) is 1. The van der Waals surface area contributed by atoms with Crippen molar-refractivity contribution in [1.29, 1.82) is 0 Å². The molecule has 0 atom stereocenters. The Morgan fingerprint density at radius 1 is 0.909 bits per heavy atom. The number of carboxylic acids is 1. The summed E-state index contributed by atoms with van der Waals surface area (Å²) in [7, 11) is 0. The van der Waals surface area contributed by atoms with Crippen LogP contribution >= 0.6 is 45.2 Å². The highest BCUT2D eigenvalue weighted by Crippen LogP contribution is 2.11. The number of nitrogens with zero attached hydrogens (tertiary/aromatic N) is 1. The molecule has 1 aromatic heterocycles. The lowest BCUT2D eigenvalue weighted by Gasteiger charge is -2.08. The van der Waals surface area contributed by atoms with E-state index >= 15 is 0 Å². The molecule has 124 valence electrons. The van der Waals surface area contributed by atoms with Gasteiger partial charge in [0, 0.05) is 25.4 Å². The largest absolute Gasteiger partial charge is 0.481 e. The fourth-order valence-electron chi connectivity index (χ4n) is 2.32. The van der Waals surface area contributed by atoms with E-state index in [-0.39, 0.29) is 5.43 Å². The second kappa shape index (κ2) is 11.4. The van der Waals surface area contributed by atoms with Crippen molar-refractivity contribution in [3.8, 4) is 0 Å². The summed E-state index contributed by atoms with van der Waals surface area (Å²) in [5.41, 5.74) is 0.125. The SMILES string of the molecule is O=C(O)CCCCCCCCCCn1cc(I)c(=O)c(I)c1. The van der Waals surface area contributed by atoms with E-state index < -0.39 is 5.97 Å². The average Bonchev–Trinajstić information content (AvgIpc) is 2.46. The van der Waals surface area contributed by atoms with Crippen LogP contribution in [0.5, 0.6) is 0 Å². The lowest BCUT2D eigenvalue weighted by molar-refractivity contribution is -0.137. The van der Waals surface area contributed by atoms with E-state index in [4.69, 9.17) is 5.11 Å². The number of carbonyl (C=O) groups is 1. The van der Waals surface area contributed by atoms with Gasteiger partial charge in [-0.15, -0.1) is 0 Å². The van der Waals surface area contributed by atoms with Crippen LogP contribution < -0.4 is 5.43 Å². The highest BCUT2D eigenvalue weighted by Gasteiger charge is 2.02. The van der Waals surface area contributed by atoms with Crippen LogP contribution in [-0.2, 0) is 11.3 Å². The van der Waals surface area contributed by atoms with Crippen molar-refractivity contribution >= 4 is 51.2 Å². The number of unbranched alkanes of at least 4 members (excludes halogenated alkanes) is 7. The predicted molar refractivity (Wildman–Crippen MR) is 105 cm³/mol. The summed E-state index contributed by atoms with van der Waals surface area (Å²) < 4.78 is 3.67. The van der Waals surface area contributed by atoms with E-state index in [9.17, 15) is 9.59 Å². The minimum absolute atomic E-state index is 0.125. The molecular formula is C16H23I2NO3. The van der Waals surface area contributed by atoms with E-state index in [1.165, 1.54) is 25.7 Å². The van der Waals surface area contributed by atoms with Gasteiger partial charge in [-0.2, -0.15) is 0 Å². The zero-order valence-electron chi connectivity index (χ0n) is 12.7. The van der Waals surface area contributed by atoms with Crippen molar-refractivity contribution in [1.82, 2.24) is 4.57 Å². The quantitative estimate of drug-likeness (QED) is 0.334. The summed E-state index contributed by atoms with van der Waals surface area (Å²) in [6, 6.07) is 0. The van der Waals surface area contributed by atoms with Gasteiger partial charge in [0.25, 0.3) is 0 Å². The second-order valence-corrected chi connectivity index (χ2v) is 7.82. The van der Waals surface area contributed by atoms with Crippen LogP contribution in [0, 0.1) is 7.14 Å². The maximum atomic E-state index is 11.6. The fourth-order valence-corrected chi connectivity index (χ4v) is 4.13. The van der Waals surface area contributed by atoms with Crippen LogP contribution in [0.15, 0.2) is 17.2 Å². The molecule has 0 aromatic carbocycles. The third kappa shape index (κ3) is 8.50. The highest BCUT2D eigenvalue weighted by molar-refractivity contribution is 14.1. The number of aryl methyl sites for hydroxylation is 1. The second-order valence-electron chi connectivity index (χ2n) is 5.49. The van der Waals surface area contributed by atoms with E-state index in [1.54, 1.807) is 0 Å². The minimum Gasteiger partial charge on any atom is -0.481 e. The van der Waals surface area contributed by atoms with Gasteiger partial charge in [0.1, 0.15) is 0 Å². The van der Waals surface area contributed by atoms with Gasteiger partial charge in [-0.3, -0.25) is 9.59 Å². The molecule has 0 saturated heterocycles. The van der Waals surface area contributed by atoms with E-state index in [2.05, 4.69) is 49.7 Å². The van der Waals surface area contributed by atoms with E-state index in [0.717, 1.165) is 39.4 Å². The Labute approximate surface area is 159 Å². The molecule has 0 aliphatic rings. The fraction of sp³-hybridized carbons (Fsp3) is 0.625. The predicted octanol–water partition coefficient (Wildman–Crippen LogP) is 4.65. The van der Waals surface area contributed by atoms with Crippen molar-refractivity contribution < 1.29 is 9.90 Å². The number of aromatic nitrogens is 1. The van der Waals surface area contributed by atoms with Crippen LogP contribution in [0.2, 0.25) is 0 Å². The molecule has 1 heterocycles.